The molecule has 5 heteroatoms. The Kier molecular flexibility index (Phi) is 4.20. The van der Waals surface area contributed by atoms with E-state index in [1.807, 2.05) is 38.6 Å². The lowest BCUT2D eigenvalue weighted by Gasteiger charge is -2.23. The third kappa shape index (κ3) is 3.24. The predicted octanol–water partition coefficient (Wildman–Crippen LogP) is 2.31. The van der Waals surface area contributed by atoms with Crippen LogP contribution in [0.25, 0.3) is 0 Å². The fourth-order valence-corrected chi connectivity index (χ4v) is 2.09. The number of carboxylic acids is 1. The van der Waals surface area contributed by atoms with Gasteiger partial charge in [0.05, 0.1) is 11.8 Å². The molecule has 1 N–H and O–H groups in total. The quantitative estimate of drug-likeness (QED) is 0.908. The van der Waals surface area contributed by atoms with E-state index < -0.39 is 5.97 Å². The highest BCUT2D eigenvalue weighted by Crippen LogP contribution is 2.20. The summed E-state index contributed by atoms with van der Waals surface area (Å²) in [7, 11) is 3.95. The summed E-state index contributed by atoms with van der Waals surface area (Å²) >= 11 is 0. The topological polar surface area (TPSA) is 58.4 Å². The van der Waals surface area contributed by atoms with Crippen LogP contribution >= 0.6 is 0 Å². The Morgan fingerprint density at radius 2 is 2.05 bits per heavy atom. The molecule has 2 rings (SSSR count). The monoisotopic (exact) mass is 273 g/mol. The van der Waals surface area contributed by atoms with E-state index in [4.69, 9.17) is 5.11 Å². The van der Waals surface area contributed by atoms with Crippen molar-refractivity contribution < 1.29 is 9.90 Å². The minimum Gasteiger partial charge on any atom is -0.478 e. The molecule has 1 heterocycles. The van der Waals surface area contributed by atoms with Gasteiger partial charge in [-0.1, -0.05) is 12.1 Å². The van der Waals surface area contributed by atoms with Gasteiger partial charge < -0.3 is 5.11 Å². The van der Waals surface area contributed by atoms with Crippen molar-refractivity contribution in [1.82, 2.24) is 14.7 Å². The lowest BCUT2D eigenvalue weighted by molar-refractivity contribution is 0.0697. The zero-order valence-electron chi connectivity index (χ0n) is 11.9. The van der Waals surface area contributed by atoms with Crippen LogP contribution in [0.4, 0.5) is 0 Å². The van der Waals surface area contributed by atoms with Crippen LogP contribution in [0.2, 0.25) is 0 Å². The zero-order valence-corrected chi connectivity index (χ0v) is 11.9. The van der Waals surface area contributed by atoms with Crippen LogP contribution in [0.15, 0.2) is 36.7 Å². The van der Waals surface area contributed by atoms with E-state index in [1.165, 1.54) is 0 Å². The van der Waals surface area contributed by atoms with Gasteiger partial charge in [-0.05, 0) is 31.7 Å². The van der Waals surface area contributed by atoms with Crippen LogP contribution in [-0.4, -0.2) is 32.8 Å². The molecule has 0 bridgehead atoms. The van der Waals surface area contributed by atoms with Crippen molar-refractivity contribution in [1.29, 1.82) is 0 Å². The molecule has 0 aliphatic carbocycles. The second-order valence-electron chi connectivity index (χ2n) is 5.04. The van der Waals surface area contributed by atoms with Crippen LogP contribution in [0.5, 0.6) is 0 Å². The van der Waals surface area contributed by atoms with Gasteiger partial charge in [0, 0.05) is 31.4 Å². The molecule has 5 nitrogen and oxygen atoms in total. The van der Waals surface area contributed by atoms with E-state index in [0.29, 0.717) is 5.56 Å². The van der Waals surface area contributed by atoms with E-state index in [-0.39, 0.29) is 6.04 Å². The first kappa shape index (κ1) is 14.3. The fraction of sp³-hybridized carbons (Fsp3) is 0.333. The fourth-order valence-electron chi connectivity index (χ4n) is 2.09. The molecule has 0 aliphatic rings. The molecule has 0 saturated carbocycles. The Labute approximate surface area is 118 Å². The highest BCUT2D eigenvalue weighted by Gasteiger charge is 2.13. The lowest BCUT2D eigenvalue weighted by atomic mass is 10.1. The van der Waals surface area contributed by atoms with Gasteiger partial charge in [-0.3, -0.25) is 9.58 Å². The molecule has 0 spiro atoms. The molecule has 0 aliphatic heterocycles. The molecule has 0 amide bonds. The second kappa shape index (κ2) is 5.88. The Hall–Kier alpha value is -2.14. The van der Waals surface area contributed by atoms with Crippen molar-refractivity contribution in [2.45, 2.75) is 19.5 Å². The number of carbonyl (C=O) groups is 1. The average Bonchev–Trinajstić information content (AvgIpc) is 2.85. The number of nitrogens with zero attached hydrogens (tertiary/aromatic N) is 3. The number of hydrogen-bond acceptors (Lipinski definition) is 3. The molecule has 1 aromatic heterocycles. The van der Waals surface area contributed by atoms with Gasteiger partial charge in [-0.15, -0.1) is 0 Å². The SMILES string of the molecule is CC(c1cnn(C)c1)N(C)Cc1ccc(C(=O)O)cc1. The highest BCUT2D eigenvalue weighted by atomic mass is 16.4. The standard InChI is InChI=1S/C15H19N3O2/c1-11(14-8-16-18(3)10-14)17(2)9-12-4-6-13(7-5-12)15(19)20/h4-8,10-11H,9H2,1-3H3,(H,19,20). The van der Waals surface area contributed by atoms with Crippen molar-refractivity contribution in [2.24, 2.45) is 7.05 Å². The van der Waals surface area contributed by atoms with Crippen molar-refractivity contribution in [3.05, 3.63) is 53.3 Å². The van der Waals surface area contributed by atoms with Crippen LogP contribution in [-0.2, 0) is 13.6 Å². The zero-order chi connectivity index (χ0) is 14.7. The predicted molar refractivity (Wildman–Crippen MR) is 76.5 cm³/mol. The van der Waals surface area contributed by atoms with Gasteiger partial charge in [0.25, 0.3) is 0 Å². The number of rotatable bonds is 5. The molecular formula is C15H19N3O2. The summed E-state index contributed by atoms with van der Waals surface area (Å²) in [4.78, 5) is 13.0. The van der Waals surface area contributed by atoms with Crippen LogP contribution in [0.1, 0.15) is 34.5 Å². The smallest absolute Gasteiger partial charge is 0.335 e. The highest BCUT2D eigenvalue weighted by molar-refractivity contribution is 5.87. The molecule has 0 saturated heterocycles. The molecule has 1 atom stereocenters. The van der Waals surface area contributed by atoms with Gasteiger partial charge in [0.15, 0.2) is 0 Å². The third-order valence-electron chi connectivity index (χ3n) is 3.50. The summed E-state index contributed by atoms with van der Waals surface area (Å²) in [5.74, 6) is -0.895. The van der Waals surface area contributed by atoms with Gasteiger partial charge >= 0.3 is 5.97 Å². The molecule has 0 fully saturated rings. The molecular weight excluding hydrogens is 254 g/mol. The maximum absolute atomic E-state index is 10.8. The van der Waals surface area contributed by atoms with E-state index in [1.54, 1.807) is 16.8 Å². The number of aromatic carboxylic acids is 1. The molecule has 0 radical (unpaired) electrons. The lowest BCUT2D eigenvalue weighted by Crippen LogP contribution is -2.21. The van der Waals surface area contributed by atoms with E-state index >= 15 is 0 Å². The number of benzene rings is 1. The van der Waals surface area contributed by atoms with Gasteiger partial charge in [0.2, 0.25) is 0 Å². The van der Waals surface area contributed by atoms with Gasteiger partial charge in [0.1, 0.15) is 0 Å². The van der Waals surface area contributed by atoms with E-state index in [9.17, 15) is 4.79 Å². The first-order chi connectivity index (χ1) is 9.47. The molecule has 20 heavy (non-hydrogen) atoms. The summed E-state index contributed by atoms with van der Waals surface area (Å²) in [6.45, 7) is 2.89. The molecule has 2 aromatic rings. The van der Waals surface area contributed by atoms with Crippen molar-refractivity contribution in [3.63, 3.8) is 0 Å². The van der Waals surface area contributed by atoms with Crippen LogP contribution in [0.3, 0.4) is 0 Å². The Morgan fingerprint density at radius 1 is 1.40 bits per heavy atom. The van der Waals surface area contributed by atoms with E-state index in [2.05, 4.69) is 16.9 Å². The van der Waals surface area contributed by atoms with Crippen LogP contribution < -0.4 is 0 Å². The Morgan fingerprint density at radius 3 is 2.55 bits per heavy atom. The van der Waals surface area contributed by atoms with Gasteiger partial charge in [-0.25, -0.2) is 4.79 Å². The van der Waals surface area contributed by atoms with Crippen molar-refractivity contribution in [3.8, 4) is 0 Å². The summed E-state index contributed by atoms with van der Waals surface area (Å²) in [6, 6.07) is 7.25. The van der Waals surface area contributed by atoms with Crippen LogP contribution in [0, 0.1) is 0 Å². The molecule has 106 valence electrons. The van der Waals surface area contributed by atoms with Crippen molar-refractivity contribution in [2.75, 3.05) is 7.05 Å². The first-order valence-corrected chi connectivity index (χ1v) is 6.48. The number of hydrogen-bond donors (Lipinski definition) is 1. The molecule has 1 unspecified atom stereocenters. The largest absolute Gasteiger partial charge is 0.478 e. The maximum Gasteiger partial charge on any atom is 0.335 e. The number of aromatic nitrogens is 2. The second-order valence-corrected chi connectivity index (χ2v) is 5.04. The Balaban J connectivity index is 2.03. The summed E-state index contributed by atoms with van der Waals surface area (Å²) < 4.78 is 1.79. The Bertz CT molecular complexity index is 589. The number of aryl methyl sites for hydroxylation is 1. The summed E-state index contributed by atoms with van der Waals surface area (Å²) in [5, 5.41) is 13.1. The minimum atomic E-state index is -0.895. The maximum atomic E-state index is 10.8. The normalized spacial score (nSPS) is 12.6. The van der Waals surface area contributed by atoms with Crippen molar-refractivity contribution >= 4 is 5.97 Å². The average molecular weight is 273 g/mol. The summed E-state index contributed by atoms with van der Waals surface area (Å²) in [5.41, 5.74) is 2.57. The summed E-state index contributed by atoms with van der Waals surface area (Å²) in [6.07, 6.45) is 3.88. The molecule has 1 aromatic carbocycles. The minimum absolute atomic E-state index is 0.253. The first-order valence-electron chi connectivity index (χ1n) is 6.48. The van der Waals surface area contributed by atoms with Gasteiger partial charge in [-0.2, -0.15) is 5.10 Å². The van der Waals surface area contributed by atoms with E-state index in [0.717, 1.165) is 17.7 Å². The number of carboxylic acid groups (broad SMARTS) is 1. The third-order valence-corrected chi connectivity index (χ3v) is 3.50.